The fourth-order valence-electron chi connectivity index (χ4n) is 1.76. The lowest BCUT2D eigenvalue weighted by Crippen LogP contribution is -1.91. The van der Waals surface area contributed by atoms with Gasteiger partial charge >= 0.3 is 0 Å². The lowest BCUT2D eigenvalue weighted by molar-refractivity contribution is -0.110. The SMILES string of the molecule is O=C(C=C(O)c1ccccc1O)/C=C/c1cccc(O)c1. The number of phenolic OH excluding ortho intramolecular Hbond substituents is 2. The molecule has 0 amide bonds. The summed E-state index contributed by atoms with van der Waals surface area (Å²) >= 11 is 0. The minimum atomic E-state index is -0.431. The van der Waals surface area contributed by atoms with Crippen molar-refractivity contribution < 1.29 is 20.1 Å². The van der Waals surface area contributed by atoms with Crippen LogP contribution in [0.3, 0.4) is 0 Å². The van der Waals surface area contributed by atoms with E-state index in [2.05, 4.69) is 0 Å². The Bertz CT molecular complexity index is 714. The lowest BCUT2D eigenvalue weighted by atomic mass is 10.1. The molecule has 0 saturated heterocycles. The van der Waals surface area contributed by atoms with Crippen molar-refractivity contribution in [2.24, 2.45) is 0 Å². The molecule has 4 nitrogen and oxygen atoms in total. The topological polar surface area (TPSA) is 77.8 Å². The summed E-state index contributed by atoms with van der Waals surface area (Å²) in [4.78, 5) is 11.7. The van der Waals surface area contributed by atoms with E-state index in [9.17, 15) is 20.1 Å². The zero-order valence-corrected chi connectivity index (χ0v) is 11.1. The fraction of sp³-hybridized carbons (Fsp3) is 0. The molecular weight excluding hydrogens is 268 g/mol. The number of ketones is 1. The Morgan fingerprint density at radius 1 is 1.00 bits per heavy atom. The van der Waals surface area contributed by atoms with E-state index in [0.717, 1.165) is 6.08 Å². The zero-order valence-electron chi connectivity index (χ0n) is 11.1. The highest BCUT2D eigenvalue weighted by Gasteiger charge is 2.05. The Morgan fingerprint density at radius 2 is 1.76 bits per heavy atom. The van der Waals surface area contributed by atoms with Gasteiger partial charge in [-0.1, -0.05) is 30.3 Å². The standard InChI is InChI=1S/C17H14O4/c18-13-5-3-4-12(10-13)8-9-14(19)11-17(21)15-6-1-2-7-16(15)20/h1-11,18,20-21H/b9-8+,17-11?. The van der Waals surface area contributed by atoms with Gasteiger partial charge < -0.3 is 15.3 Å². The number of aliphatic hydroxyl groups is 1. The van der Waals surface area contributed by atoms with Crippen molar-refractivity contribution in [3.05, 3.63) is 71.8 Å². The summed E-state index contributed by atoms with van der Waals surface area (Å²) in [7, 11) is 0. The molecule has 4 heteroatoms. The highest BCUT2D eigenvalue weighted by molar-refractivity contribution is 6.05. The maximum absolute atomic E-state index is 11.7. The average Bonchev–Trinajstić information content (AvgIpc) is 2.45. The normalized spacial score (nSPS) is 11.7. The smallest absolute Gasteiger partial charge is 0.182 e. The van der Waals surface area contributed by atoms with E-state index in [1.165, 1.54) is 36.4 Å². The van der Waals surface area contributed by atoms with Gasteiger partial charge in [-0.15, -0.1) is 0 Å². The van der Waals surface area contributed by atoms with Crippen molar-refractivity contribution >= 4 is 17.6 Å². The lowest BCUT2D eigenvalue weighted by Gasteiger charge is -2.01. The third kappa shape index (κ3) is 3.98. The third-order valence-electron chi connectivity index (χ3n) is 2.77. The number of benzene rings is 2. The maximum atomic E-state index is 11.7. The molecule has 0 fully saturated rings. The van der Waals surface area contributed by atoms with Crippen LogP contribution in [-0.4, -0.2) is 21.1 Å². The van der Waals surface area contributed by atoms with Crippen molar-refractivity contribution in [3.8, 4) is 11.5 Å². The van der Waals surface area contributed by atoms with Crippen LogP contribution < -0.4 is 0 Å². The van der Waals surface area contributed by atoms with Crippen LogP contribution in [0.1, 0.15) is 11.1 Å². The molecule has 0 atom stereocenters. The van der Waals surface area contributed by atoms with E-state index < -0.39 is 5.78 Å². The molecule has 0 heterocycles. The molecule has 0 aliphatic carbocycles. The molecule has 21 heavy (non-hydrogen) atoms. The van der Waals surface area contributed by atoms with Crippen molar-refractivity contribution in [3.63, 3.8) is 0 Å². The second-order valence-corrected chi connectivity index (χ2v) is 4.38. The number of carbonyl (C=O) groups is 1. The van der Waals surface area contributed by atoms with E-state index in [1.54, 1.807) is 24.3 Å². The third-order valence-corrected chi connectivity index (χ3v) is 2.77. The number of carbonyl (C=O) groups excluding carboxylic acids is 1. The highest BCUT2D eigenvalue weighted by atomic mass is 16.3. The number of hydrogen-bond donors (Lipinski definition) is 3. The minimum absolute atomic E-state index is 0.101. The van der Waals surface area contributed by atoms with Crippen LogP contribution in [0.15, 0.2) is 60.7 Å². The van der Waals surface area contributed by atoms with Crippen molar-refractivity contribution in [1.82, 2.24) is 0 Å². The fourth-order valence-corrected chi connectivity index (χ4v) is 1.76. The number of rotatable bonds is 4. The first-order valence-corrected chi connectivity index (χ1v) is 6.26. The van der Waals surface area contributed by atoms with Gasteiger partial charge in [-0.05, 0) is 35.9 Å². The van der Waals surface area contributed by atoms with Gasteiger partial charge in [0.1, 0.15) is 17.3 Å². The largest absolute Gasteiger partial charge is 0.508 e. The molecular formula is C17H14O4. The maximum Gasteiger partial charge on any atom is 0.182 e. The molecule has 2 aromatic rings. The number of allylic oxidation sites excluding steroid dienone is 2. The molecule has 0 spiro atoms. The van der Waals surface area contributed by atoms with Crippen LogP contribution in [0, 0.1) is 0 Å². The predicted octanol–water partition coefficient (Wildman–Crippen LogP) is 3.28. The quantitative estimate of drug-likeness (QED) is 0.594. The summed E-state index contributed by atoms with van der Waals surface area (Å²) < 4.78 is 0. The summed E-state index contributed by atoms with van der Waals surface area (Å²) in [5.74, 6) is -0.731. The molecule has 0 radical (unpaired) electrons. The van der Waals surface area contributed by atoms with Crippen molar-refractivity contribution in [2.45, 2.75) is 0 Å². The van der Waals surface area contributed by atoms with Gasteiger partial charge in [0, 0.05) is 6.08 Å². The van der Waals surface area contributed by atoms with Crippen molar-refractivity contribution in [2.75, 3.05) is 0 Å². The second kappa shape index (κ2) is 6.43. The highest BCUT2D eigenvalue weighted by Crippen LogP contribution is 2.22. The Labute approximate surface area is 121 Å². The van der Waals surface area contributed by atoms with Gasteiger partial charge in [-0.3, -0.25) is 4.79 Å². The summed E-state index contributed by atoms with van der Waals surface area (Å²) in [6, 6.07) is 12.6. The van der Waals surface area contributed by atoms with Crippen LogP contribution in [0.4, 0.5) is 0 Å². The van der Waals surface area contributed by atoms with E-state index >= 15 is 0 Å². The average molecular weight is 282 g/mol. The van der Waals surface area contributed by atoms with E-state index in [4.69, 9.17) is 0 Å². The van der Waals surface area contributed by atoms with Gasteiger partial charge in [-0.25, -0.2) is 0 Å². The van der Waals surface area contributed by atoms with Gasteiger partial charge in [-0.2, -0.15) is 0 Å². The summed E-state index contributed by atoms with van der Waals surface area (Å²) in [5.41, 5.74) is 0.857. The monoisotopic (exact) mass is 282 g/mol. The number of hydrogen-bond acceptors (Lipinski definition) is 4. The number of aliphatic hydroxyl groups excluding tert-OH is 1. The summed E-state index contributed by atoms with van der Waals surface area (Å²) in [6.07, 6.45) is 3.82. The van der Waals surface area contributed by atoms with Crippen LogP contribution in [0.5, 0.6) is 11.5 Å². The predicted molar refractivity (Wildman–Crippen MR) is 80.9 cm³/mol. The molecule has 3 N–H and O–H groups in total. The molecule has 0 aliphatic rings. The first kappa shape index (κ1) is 14.4. The second-order valence-electron chi connectivity index (χ2n) is 4.38. The van der Waals surface area contributed by atoms with Crippen molar-refractivity contribution in [1.29, 1.82) is 0 Å². The first-order chi connectivity index (χ1) is 10.1. The number of para-hydroxylation sites is 1. The van der Waals surface area contributed by atoms with Gasteiger partial charge in [0.15, 0.2) is 5.78 Å². The number of phenols is 2. The molecule has 0 aliphatic heterocycles. The van der Waals surface area contributed by atoms with Crippen LogP contribution >= 0.6 is 0 Å². The molecule has 106 valence electrons. The summed E-state index contributed by atoms with van der Waals surface area (Å²) in [6.45, 7) is 0. The Kier molecular flexibility index (Phi) is 4.41. The zero-order chi connectivity index (χ0) is 15.2. The van der Waals surface area contributed by atoms with Gasteiger partial charge in [0.2, 0.25) is 0 Å². The van der Waals surface area contributed by atoms with Crippen LogP contribution in [0.2, 0.25) is 0 Å². The summed E-state index contributed by atoms with van der Waals surface area (Å²) in [5, 5.41) is 28.7. The molecule has 2 rings (SSSR count). The van der Waals surface area contributed by atoms with Crippen LogP contribution in [-0.2, 0) is 4.79 Å². The van der Waals surface area contributed by atoms with Crippen LogP contribution in [0.25, 0.3) is 11.8 Å². The van der Waals surface area contributed by atoms with Gasteiger partial charge in [0.25, 0.3) is 0 Å². The molecule has 0 unspecified atom stereocenters. The first-order valence-electron chi connectivity index (χ1n) is 6.26. The Hall–Kier alpha value is -3.01. The number of aromatic hydroxyl groups is 2. The van der Waals surface area contributed by atoms with E-state index in [0.29, 0.717) is 5.56 Å². The molecule has 0 saturated carbocycles. The minimum Gasteiger partial charge on any atom is -0.508 e. The Morgan fingerprint density at radius 3 is 2.48 bits per heavy atom. The molecule has 0 bridgehead atoms. The molecule has 2 aromatic carbocycles. The van der Waals surface area contributed by atoms with E-state index in [-0.39, 0.29) is 22.8 Å². The molecule has 0 aromatic heterocycles. The Balaban J connectivity index is 2.14. The van der Waals surface area contributed by atoms with Gasteiger partial charge in [0.05, 0.1) is 5.56 Å². The van der Waals surface area contributed by atoms with E-state index in [1.807, 2.05) is 0 Å².